The second kappa shape index (κ2) is 9.11. The molecule has 1 heterocycles. The summed E-state index contributed by atoms with van der Waals surface area (Å²) in [7, 11) is 0. The molecule has 0 N–H and O–H groups in total. The first-order chi connectivity index (χ1) is 15.5. The number of ether oxygens (including phenoxy) is 1. The average Bonchev–Trinajstić information content (AvgIpc) is 3.10. The first-order valence-corrected chi connectivity index (χ1v) is 10.8. The number of thiazole rings is 1. The molecule has 0 aliphatic carbocycles. The highest BCUT2D eigenvalue weighted by molar-refractivity contribution is 7.16. The van der Waals surface area contributed by atoms with Crippen LogP contribution in [0, 0.1) is 10.1 Å². The van der Waals surface area contributed by atoms with E-state index in [-0.39, 0.29) is 31.2 Å². The van der Waals surface area contributed by atoms with E-state index in [0.29, 0.717) is 15.0 Å². The monoisotopic (exact) mass is 449 g/mol. The summed E-state index contributed by atoms with van der Waals surface area (Å²) in [5, 5.41) is 13.1. The van der Waals surface area contributed by atoms with Gasteiger partial charge in [-0.1, -0.05) is 53.8 Å². The number of non-ortho nitro benzene ring substituents is 1. The Kier molecular flexibility index (Phi) is 6.09. The molecular weight excluding hydrogens is 430 g/mol. The Hall–Kier alpha value is -3.85. The third kappa shape index (κ3) is 4.42. The summed E-state index contributed by atoms with van der Waals surface area (Å²) in [6.45, 7) is 1.78. The normalized spacial score (nSPS) is 11.7. The van der Waals surface area contributed by atoms with Crippen LogP contribution in [-0.4, -0.2) is 28.0 Å². The van der Waals surface area contributed by atoms with Crippen molar-refractivity contribution in [2.45, 2.75) is 19.9 Å². The number of amides is 1. The number of rotatable bonds is 6. The molecule has 4 aromatic rings. The standard InChI is InChI=1S/C23H19N3O5S/c1-2-31-22(28)14-25-19-11-10-17(26(29)30)13-20(19)32-23(25)24-21(27)12-16-8-5-7-15-6-3-4-9-18(15)16/h3-11,13H,2,12,14H2,1H3. The van der Waals surface area contributed by atoms with Crippen molar-refractivity contribution in [3.8, 4) is 0 Å². The van der Waals surface area contributed by atoms with Gasteiger partial charge in [0.25, 0.3) is 11.6 Å². The van der Waals surface area contributed by atoms with Gasteiger partial charge in [-0.25, -0.2) is 0 Å². The average molecular weight is 449 g/mol. The van der Waals surface area contributed by atoms with Gasteiger partial charge in [-0.15, -0.1) is 0 Å². The van der Waals surface area contributed by atoms with Gasteiger partial charge in [0.15, 0.2) is 4.80 Å². The van der Waals surface area contributed by atoms with Crippen molar-refractivity contribution in [3.63, 3.8) is 0 Å². The number of fused-ring (bicyclic) bond motifs is 2. The topological polar surface area (TPSA) is 104 Å². The first kappa shape index (κ1) is 21.4. The number of carbonyl (C=O) groups excluding carboxylic acids is 2. The van der Waals surface area contributed by atoms with E-state index in [4.69, 9.17) is 4.74 Å². The van der Waals surface area contributed by atoms with Crippen LogP contribution in [0.15, 0.2) is 65.7 Å². The first-order valence-electron chi connectivity index (χ1n) is 9.94. The number of benzene rings is 3. The number of aromatic nitrogens is 1. The van der Waals surface area contributed by atoms with E-state index in [9.17, 15) is 19.7 Å². The molecule has 0 spiro atoms. The van der Waals surface area contributed by atoms with Gasteiger partial charge >= 0.3 is 5.97 Å². The van der Waals surface area contributed by atoms with Crippen LogP contribution in [0.4, 0.5) is 5.69 Å². The predicted octanol–water partition coefficient (Wildman–Crippen LogP) is 4.00. The summed E-state index contributed by atoms with van der Waals surface area (Å²) in [5.74, 6) is -0.853. The molecule has 162 valence electrons. The number of nitro benzene ring substituents is 1. The predicted molar refractivity (Wildman–Crippen MR) is 121 cm³/mol. The Balaban J connectivity index is 1.76. The van der Waals surface area contributed by atoms with Crippen molar-refractivity contribution in [2.24, 2.45) is 4.99 Å². The molecular formula is C23H19N3O5S. The van der Waals surface area contributed by atoms with Crippen LogP contribution in [0.3, 0.4) is 0 Å². The van der Waals surface area contributed by atoms with Crippen LogP contribution in [-0.2, 0) is 27.3 Å². The van der Waals surface area contributed by atoms with Crippen LogP contribution in [0.5, 0.6) is 0 Å². The zero-order valence-electron chi connectivity index (χ0n) is 17.2. The molecule has 8 nitrogen and oxygen atoms in total. The molecule has 1 aromatic heterocycles. The summed E-state index contributed by atoms with van der Waals surface area (Å²) in [4.78, 5) is 40.2. The maximum Gasteiger partial charge on any atom is 0.326 e. The molecule has 0 saturated carbocycles. The van der Waals surface area contributed by atoms with Crippen molar-refractivity contribution in [1.82, 2.24) is 4.57 Å². The van der Waals surface area contributed by atoms with E-state index >= 15 is 0 Å². The molecule has 0 bridgehead atoms. The van der Waals surface area contributed by atoms with E-state index in [1.54, 1.807) is 17.6 Å². The number of nitro groups is 1. The lowest BCUT2D eigenvalue weighted by Crippen LogP contribution is -2.23. The Labute approximate surface area is 186 Å². The fraction of sp³-hybridized carbons (Fsp3) is 0.174. The molecule has 32 heavy (non-hydrogen) atoms. The fourth-order valence-corrected chi connectivity index (χ4v) is 4.58. The fourth-order valence-electron chi connectivity index (χ4n) is 3.51. The number of nitrogens with zero attached hydrogens (tertiary/aromatic N) is 3. The van der Waals surface area contributed by atoms with E-state index in [1.165, 1.54) is 12.1 Å². The van der Waals surface area contributed by atoms with Gasteiger partial charge in [0.1, 0.15) is 6.54 Å². The maximum atomic E-state index is 12.8. The van der Waals surface area contributed by atoms with E-state index < -0.39 is 10.9 Å². The van der Waals surface area contributed by atoms with Crippen LogP contribution in [0.1, 0.15) is 12.5 Å². The van der Waals surface area contributed by atoms with E-state index in [1.807, 2.05) is 42.5 Å². The highest BCUT2D eigenvalue weighted by Crippen LogP contribution is 2.24. The van der Waals surface area contributed by atoms with Crippen molar-refractivity contribution in [3.05, 3.63) is 81.1 Å². The second-order valence-corrected chi connectivity index (χ2v) is 8.01. The van der Waals surface area contributed by atoms with Gasteiger partial charge in [-0.05, 0) is 29.3 Å². The molecule has 4 rings (SSSR count). The van der Waals surface area contributed by atoms with Gasteiger partial charge in [0.2, 0.25) is 0 Å². The third-order valence-corrected chi connectivity index (χ3v) is 5.95. The third-order valence-electron chi connectivity index (χ3n) is 4.91. The van der Waals surface area contributed by atoms with Crippen LogP contribution in [0.25, 0.3) is 21.0 Å². The number of hydrogen-bond acceptors (Lipinski definition) is 6. The molecule has 0 atom stereocenters. The Morgan fingerprint density at radius 1 is 1.12 bits per heavy atom. The summed E-state index contributed by atoms with van der Waals surface area (Å²) in [6, 6.07) is 17.9. The highest BCUT2D eigenvalue weighted by atomic mass is 32.1. The SMILES string of the molecule is CCOC(=O)Cn1c(=NC(=O)Cc2cccc3ccccc23)sc2cc([N+](=O)[O-])ccc21. The van der Waals surface area contributed by atoms with Gasteiger partial charge < -0.3 is 9.30 Å². The number of hydrogen-bond donors (Lipinski definition) is 0. The summed E-state index contributed by atoms with van der Waals surface area (Å²) < 4.78 is 7.15. The van der Waals surface area contributed by atoms with Crippen LogP contribution in [0.2, 0.25) is 0 Å². The van der Waals surface area contributed by atoms with Crippen molar-refractivity contribution in [1.29, 1.82) is 0 Å². The van der Waals surface area contributed by atoms with Gasteiger partial charge in [-0.2, -0.15) is 4.99 Å². The molecule has 0 aliphatic heterocycles. The molecule has 0 radical (unpaired) electrons. The Morgan fingerprint density at radius 2 is 1.91 bits per heavy atom. The number of carbonyl (C=O) groups is 2. The summed E-state index contributed by atoms with van der Waals surface area (Å²) in [5.41, 5.74) is 1.35. The van der Waals surface area contributed by atoms with Gasteiger partial charge in [0.05, 0.1) is 28.2 Å². The molecule has 0 unspecified atom stereocenters. The van der Waals surface area contributed by atoms with E-state index in [0.717, 1.165) is 27.7 Å². The van der Waals surface area contributed by atoms with Crippen LogP contribution < -0.4 is 4.80 Å². The lowest BCUT2D eigenvalue weighted by molar-refractivity contribution is -0.384. The number of esters is 1. The largest absolute Gasteiger partial charge is 0.465 e. The zero-order valence-corrected chi connectivity index (χ0v) is 18.0. The van der Waals surface area contributed by atoms with Crippen molar-refractivity contribution < 1.29 is 19.2 Å². The van der Waals surface area contributed by atoms with Gasteiger partial charge in [0, 0.05) is 12.1 Å². The highest BCUT2D eigenvalue weighted by Gasteiger charge is 2.16. The Bertz CT molecular complexity index is 1410. The van der Waals surface area contributed by atoms with Crippen LogP contribution >= 0.6 is 11.3 Å². The smallest absolute Gasteiger partial charge is 0.326 e. The lowest BCUT2D eigenvalue weighted by Gasteiger charge is -2.06. The zero-order chi connectivity index (χ0) is 22.7. The lowest BCUT2D eigenvalue weighted by atomic mass is 10.0. The molecule has 3 aromatic carbocycles. The summed E-state index contributed by atoms with van der Waals surface area (Å²) >= 11 is 1.12. The molecule has 1 amide bonds. The van der Waals surface area contributed by atoms with E-state index in [2.05, 4.69) is 4.99 Å². The maximum absolute atomic E-state index is 12.8. The minimum Gasteiger partial charge on any atom is -0.465 e. The minimum absolute atomic E-state index is 0.0735. The quantitative estimate of drug-likeness (QED) is 0.251. The molecule has 0 fully saturated rings. The Morgan fingerprint density at radius 3 is 2.69 bits per heavy atom. The minimum atomic E-state index is -0.489. The molecule has 9 heteroatoms. The van der Waals surface area contributed by atoms with Crippen molar-refractivity contribution >= 4 is 49.9 Å². The molecule has 0 aliphatic rings. The van der Waals surface area contributed by atoms with Crippen molar-refractivity contribution in [2.75, 3.05) is 6.61 Å². The molecule has 0 saturated heterocycles. The summed E-state index contributed by atoms with van der Waals surface area (Å²) in [6.07, 6.45) is 0.0924. The second-order valence-electron chi connectivity index (χ2n) is 7.01. The van der Waals surface area contributed by atoms with Gasteiger partial charge in [-0.3, -0.25) is 19.7 Å².